The maximum Gasteiger partial charge on any atom is 0.280 e. The third-order valence-corrected chi connectivity index (χ3v) is 4.09. The molecule has 3 rings (SSSR count). The molecule has 2 aromatic rings. The summed E-state index contributed by atoms with van der Waals surface area (Å²) in [5.74, 6) is -0.798. The molecule has 0 spiro atoms. The highest BCUT2D eigenvalue weighted by Gasteiger charge is 2.45. The molecule has 1 fully saturated rings. The molecule has 26 heavy (non-hydrogen) atoms. The molecule has 0 aromatic carbocycles. The molecule has 1 aliphatic rings. The van der Waals surface area contributed by atoms with Gasteiger partial charge in [-0.1, -0.05) is 13.8 Å². The van der Waals surface area contributed by atoms with Crippen molar-refractivity contribution in [3.05, 3.63) is 16.7 Å². The summed E-state index contributed by atoms with van der Waals surface area (Å²) in [6.07, 6.45) is -4.06. The number of nitrogens with one attached hydrogen (secondary N) is 2. The number of H-pyrrole nitrogens is 1. The van der Waals surface area contributed by atoms with E-state index in [0.29, 0.717) is 0 Å². The van der Waals surface area contributed by atoms with Gasteiger partial charge in [0.15, 0.2) is 17.4 Å². The number of imidazole rings is 1. The number of anilines is 1. The van der Waals surface area contributed by atoms with E-state index in [1.54, 1.807) is 13.8 Å². The van der Waals surface area contributed by atoms with Crippen molar-refractivity contribution in [2.24, 2.45) is 5.92 Å². The SMILES string of the molecule is [2H]C([2H])(O)[C@H]1O[C@@H](n2cnc3c(=O)[nH]c(NC(=O)C(C)C)nc32)C(OC)[C@H]1O. The summed E-state index contributed by atoms with van der Waals surface area (Å²) in [5.41, 5.74) is -0.628. The first-order valence-electron chi connectivity index (χ1n) is 8.91. The van der Waals surface area contributed by atoms with Gasteiger partial charge in [0.2, 0.25) is 11.9 Å². The van der Waals surface area contributed by atoms with E-state index in [1.165, 1.54) is 18.0 Å². The van der Waals surface area contributed by atoms with Crippen molar-refractivity contribution in [1.82, 2.24) is 19.5 Å². The van der Waals surface area contributed by atoms with Gasteiger partial charge in [-0.2, -0.15) is 4.98 Å². The Kier molecular flexibility index (Phi) is 4.34. The van der Waals surface area contributed by atoms with Crippen molar-refractivity contribution in [3.63, 3.8) is 0 Å². The Labute approximate surface area is 150 Å². The number of nitrogens with zero attached hydrogens (tertiary/aromatic N) is 3. The lowest BCUT2D eigenvalue weighted by atomic mass is 10.1. The Balaban J connectivity index is 2.04. The smallest absolute Gasteiger partial charge is 0.280 e. The predicted molar refractivity (Wildman–Crippen MR) is 89.4 cm³/mol. The molecule has 3 heterocycles. The van der Waals surface area contributed by atoms with Crippen LogP contribution in [0.3, 0.4) is 0 Å². The van der Waals surface area contributed by atoms with Gasteiger partial charge in [-0.15, -0.1) is 0 Å². The number of fused-ring (bicyclic) bond motifs is 1. The average Bonchev–Trinajstić information content (AvgIpc) is 3.15. The van der Waals surface area contributed by atoms with E-state index in [-0.39, 0.29) is 28.9 Å². The van der Waals surface area contributed by atoms with E-state index < -0.39 is 36.7 Å². The first-order valence-corrected chi connectivity index (χ1v) is 7.91. The molecule has 11 heteroatoms. The molecule has 0 aliphatic carbocycles. The number of rotatable bonds is 5. The number of ether oxygens (including phenoxy) is 2. The standard InChI is InChI=1S/C15H21N5O6/c1-6(2)12(23)18-15-17-11-8(13(24)19-15)16-5-20(11)14-10(25-3)9(22)7(4-21)26-14/h5-7,9-10,14,21-22H,4H2,1-3H3,(H2,17,18,19,23,24)/t7-,9+,10?,14-/m1/s1/i4D2. The van der Waals surface area contributed by atoms with Gasteiger partial charge in [0.25, 0.3) is 5.56 Å². The average molecular weight is 369 g/mol. The Morgan fingerprint density at radius 3 is 2.96 bits per heavy atom. The van der Waals surface area contributed by atoms with Crippen molar-refractivity contribution in [2.45, 2.75) is 38.4 Å². The van der Waals surface area contributed by atoms with Crippen LogP contribution in [0.1, 0.15) is 22.8 Å². The van der Waals surface area contributed by atoms with Crippen molar-refractivity contribution in [2.75, 3.05) is 19.0 Å². The Hall–Kier alpha value is -2.34. The first kappa shape index (κ1) is 15.9. The minimum Gasteiger partial charge on any atom is -0.394 e. The van der Waals surface area contributed by atoms with Crippen LogP contribution in [-0.2, 0) is 14.3 Å². The first-order chi connectivity index (χ1) is 13.0. The molecular weight excluding hydrogens is 346 g/mol. The topological polar surface area (TPSA) is 152 Å². The van der Waals surface area contributed by atoms with E-state index >= 15 is 0 Å². The number of carbonyl (C=O) groups excluding carboxylic acids is 1. The number of aliphatic hydroxyl groups excluding tert-OH is 1. The third kappa shape index (κ3) is 3.09. The lowest BCUT2D eigenvalue weighted by molar-refractivity contribution is -0.118. The normalized spacial score (nSPS) is 27.6. The highest BCUT2D eigenvalue weighted by Crippen LogP contribution is 2.32. The van der Waals surface area contributed by atoms with E-state index in [9.17, 15) is 19.8 Å². The van der Waals surface area contributed by atoms with Crippen LogP contribution in [0.25, 0.3) is 11.2 Å². The van der Waals surface area contributed by atoms with Crippen molar-refractivity contribution in [1.29, 1.82) is 0 Å². The van der Waals surface area contributed by atoms with Gasteiger partial charge >= 0.3 is 0 Å². The minimum atomic E-state index is -2.83. The maximum atomic E-state index is 12.3. The van der Waals surface area contributed by atoms with Gasteiger partial charge in [-0.3, -0.25) is 24.5 Å². The predicted octanol–water partition coefficient (Wildman–Crippen LogP) is -1.02. The molecule has 1 unspecified atom stereocenters. The highest BCUT2D eigenvalue weighted by atomic mass is 16.6. The van der Waals surface area contributed by atoms with Crippen molar-refractivity contribution < 1.29 is 27.2 Å². The second-order valence-corrected chi connectivity index (χ2v) is 6.15. The van der Waals surface area contributed by atoms with E-state index in [2.05, 4.69) is 20.3 Å². The molecule has 1 saturated heterocycles. The van der Waals surface area contributed by atoms with Gasteiger partial charge in [-0.25, -0.2) is 4.98 Å². The number of carbonyl (C=O) groups is 1. The summed E-state index contributed by atoms with van der Waals surface area (Å²) in [6, 6.07) is 0. The zero-order valence-electron chi connectivity index (χ0n) is 16.3. The van der Waals surface area contributed by atoms with E-state index in [0.717, 1.165) is 0 Å². The second-order valence-electron chi connectivity index (χ2n) is 6.15. The minimum absolute atomic E-state index is 0.0289. The monoisotopic (exact) mass is 369 g/mol. The molecule has 4 N–H and O–H groups in total. The molecule has 0 bridgehead atoms. The van der Waals surface area contributed by atoms with Gasteiger partial charge in [0.05, 0.1) is 15.6 Å². The number of amides is 1. The summed E-state index contributed by atoms with van der Waals surface area (Å²) in [6.45, 7) is 0.523. The van der Waals surface area contributed by atoms with Crippen LogP contribution in [-0.4, -0.2) is 67.6 Å². The van der Waals surface area contributed by atoms with E-state index in [1.807, 2.05) is 0 Å². The molecule has 0 radical (unpaired) electrons. The summed E-state index contributed by atoms with van der Waals surface area (Å²) < 4.78 is 26.8. The number of aromatic amines is 1. The van der Waals surface area contributed by atoms with Crippen molar-refractivity contribution in [3.8, 4) is 0 Å². The summed E-state index contributed by atoms with van der Waals surface area (Å²) >= 11 is 0. The fraction of sp³-hybridized carbons (Fsp3) is 0.600. The zero-order chi connectivity index (χ0) is 20.8. The lowest BCUT2D eigenvalue weighted by Gasteiger charge is -2.20. The molecule has 1 aliphatic heterocycles. The maximum absolute atomic E-state index is 12.3. The van der Waals surface area contributed by atoms with Crippen LogP contribution in [0, 0.1) is 5.92 Å². The van der Waals surface area contributed by atoms with Gasteiger partial charge in [-0.05, 0) is 0 Å². The Morgan fingerprint density at radius 2 is 2.35 bits per heavy atom. The van der Waals surface area contributed by atoms with Gasteiger partial charge in [0.1, 0.15) is 18.3 Å². The number of hydrogen-bond donors (Lipinski definition) is 4. The van der Waals surface area contributed by atoms with Crippen LogP contribution >= 0.6 is 0 Å². The lowest BCUT2D eigenvalue weighted by Crippen LogP contribution is -2.34. The molecule has 11 nitrogen and oxygen atoms in total. The highest BCUT2D eigenvalue weighted by molar-refractivity contribution is 5.91. The van der Waals surface area contributed by atoms with Crippen LogP contribution < -0.4 is 10.9 Å². The summed E-state index contributed by atoms with van der Waals surface area (Å²) in [7, 11) is 1.28. The molecule has 142 valence electrons. The van der Waals surface area contributed by atoms with Crippen LogP contribution in [0.5, 0.6) is 0 Å². The summed E-state index contributed by atoms with van der Waals surface area (Å²) in [4.78, 5) is 34.7. The van der Waals surface area contributed by atoms with Crippen LogP contribution in [0.2, 0.25) is 0 Å². The van der Waals surface area contributed by atoms with E-state index in [4.69, 9.17) is 12.2 Å². The summed E-state index contributed by atoms with van der Waals surface area (Å²) in [5, 5.41) is 22.4. The zero-order valence-corrected chi connectivity index (χ0v) is 14.3. The Morgan fingerprint density at radius 1 is 1.62 bits per heavy atom. The second kappa shape index (κ2) is 7.11. The molecule has 4 atom stereocenters. The van der Waals surface area contributed by atoms with Crippen LogP contribution in [0.4, 0.5) is 5.95 Å². The number of aliphatic hydroxyl groups is 2. The number of aromatic nitrogens is 4. The number of hydrogen-bond acceptors (Lipinski definition) is 8. The fourth-order valence-corrected chi connectivity index (χ4v) is 2.67. The fourth-order valence-electron chi connectivity index (χ4n) is 2.67. The quantitative estimate of drug-likeness (QED) is 0.523. The van der Waals surface area contributed by atoms with Gasteiger partial charge < -0.3 is 19.7 Å². The number of methoxy groups -OCH3 is 1. The Bertz CT molecular complexity index is 939. The molecule has 1 amide bonds. The largest absolute Gasteiger partial charge is 0.394 e. The molecule has 0 saturated carbocycles. The van der Waals surface area contributed by atoms with Gasteiger partial charge in [0, 0.05) is 13.0 Å². The molecule has 2 aromatic heterocycles. The third-order valence-electron chi connectivity index (χ3n) is 4.09. The van der Waals surface area contributed by atoms with Crippen molar-refractivity contribution >= 4 is 23.0 Å². The molecular formula is C15H21N5O6. The van der Waals surface area contributed by atoms with Crippen LogP contribution in [0.15, 0.2) is 11.1 Å².